The highest BCUT2D eigenvalue weighted by atomic mass is 31.2. The van der Waals surface area contributed by atoms with Gasteiger partial charge in [0.15, 0.2) is 0 Å². The van der Waals surface area contributed by atoms with Crippen molar-refractivity contribution in [2.24, 2.45) is 17.8 Å². The molecular formula is C23H29OP. The Hall–Kier alpha value is -1.59. The molecule has 25 heavy (non-hydrogen) atoms. The van der Waals surface area contributed by atoms with Gasteiger partial charge in [-0.3, -0.25) is 0 Å². The van der Waals surface area contributed by atoms with E-state index in [0.29, 0.717) is 18.0 Å². The summed E-state index contributed by atoms with van der Waals surface area (Å²) in [7, 11) is -2.62. The van der Waals surface area contributed by atoms with Crippen LogP contribution in [0.1, 0.15) is 33.6 Å². The largest absolute Gasteiger partial charge is 0.313 e. The second kappa shape index (κ2) is 7.75. The van der Waals surface area contributed by atoms with E-state index >= 15 is 0 Å². The molecule has 0 aliphatic heterocycles. The van der Waals surface area contributed by atoms with E-state index in [9.17, 15) is 4.57 Å². The van der Waals surface area contributed by atoms with Gasteiger partial charge in [-0.2, -0.15) is 0 Å². The van der Waals surface area contributed by atoms with Crippen molar-refractivity contribution >= 4 is 17.8 Å². The molecule has 2 heteroatoms. The van der Waals surface area contributed by atoms with E-state index < -0.39 is 7.14 Å². The summed E-state index contributed by atoms with van der Waals surface area (Å²) in [5.41, 5.74) is 1.49. The topological polar surface area (TPSA) is 17.1 Å². The van der Waals surface area contributed by atoms with Crippen LogP contribution in [0.25, 0.3) is 0 Å². The average Bonchev–Trinajstić information content (AvgIpc) is 2.65. The van der Waals surface area contributed by atoms with Gasteiger partial charge >= 0.3 is 0 Å². The molecule has 1 fully saturated rings. The summed E-state index contributed by atoms with van der Waals surface area (Å²) in [6.45, 7) is 7.06. The Bertz CT molecular complexity index is 706. The van der Waals surface area contributed by atoms with Crippen LogP contribution in [0.2, 0.25) is 0 Å². The molecule has 1 nitrogen and oxygen atoms in total. The number of hydrogen-bond acceptors (Lipinski definition) is 1. The van der Waals surface area contributed by atoms with Gasteiger partial charge < -0.3 is 4.57 Å². The minimum absolute atomic E-state index is 0.629. The lowest BCUT2D eigenvalue weighted by molar-refractivity contribution is 0.237. The van der Waals surface area contributed by atoms with Crippen LogP contribution in [-0.4, -0.2) is 6.16 Å². The smallest absolute Gasteiger partial charge is 0.146 e. The fourth-order valence-electron chi connectivity index (χ4n) is 3.96. The Morgan fingerprint density at radius 1 is 0.840 bits per heavy atom. The summed E-state index contributed by atoms with van der Waals surface area (Å²) >= 11 is 0. The maximum absolute atomic E-state index is 14.0. The van der Waals surface area contributed by atoms with Crippen molar-refractivity contribution in [3.63, 3.8) is 0 Å². The molecule has 3 rings (SSSR count). The van der Waals surface area contributed by atoms with Crippen molar-refractivity contribution in [1.29, 1.82) is 0 Å². The van der Waals surface area contributed by atoms with Crippen molar-refractivity contribution in [3.8, 4) is 0 Å². The Kier molecular flexibility index (Phi) is 5.64. The van der Waals surface area contributed by atoms with Gasteiger partial charge in [0, 0.05) is 16.8 Å². The SMILES string of the molecule is CC1CC(=CCP(=O)(c2ccccc2)c2ccccc2)CC(C)C1C. The predicted molar refractivity (Wildman–Crippen MR) is 109 cm³/mol. The van der Waals surface area contributed by atoms with E-state index in [4.69, 9.17) is 0 Å². The zero-order valence-corrected chi connectivity index (χ0v) is 16.5. The van der Waals surface area contributed by atoms with Gasteiger partial charge in [-0.05, 0) is 30.6 Å². The van der Waals surface area contributed by atoms with Gasteiger partial charge in [-0.25, -0.2) is 0 Å². The number of hydrogen-bond donors (Lipinski definition) is 0. The standard InChI is InChI=1S/C23H29OP/c1-18-16-21(17-19(2)20(18)3)14-15-25(24,22-10-6-4-7-11-22)23-12-8-5-9-13-23/h4-14,18-20H,15-17H2,1-3H3. The first-order valence-corrected chi connectivity index (χ1v) is 11.3. The van der Waals surface area contributed by atoms with Crippen LogP contribution >= 0.6 is 7.14 Å². The lowest BCUT2D eigenvalue weighted by Gasteiger charge is -2.34. The third kappa shape index (κ3) is 3.98. The summed E-state index contributed by atoms with van der Waals surface area (Å²) in [6, 6.07) is 20.0. The molecule has 2 aromatic carbocycles. The van der Waals surface area contributed by atoms with Crippen LogP contribution < -0.4 is 10.6 Å². The van der Waals surface area contributed by atoms with Gasteiger partial charge in [-0.15, -0.1) is 0 Å². The van der Waals surface area contributed by atoms with Crippen molar-refractivity contribution in [2.45, 2.75) is 33.6 Å². The van der Waals surface area contributed by atoms with Crippen LogP contribution in [0.4, 0.5) is 0 Å². The molecular weight excluding hydrogens is 323 g/mol. The molecule has 2 atom stereocenters. The van der Waals surface area contributed by atoms with E-state index in [1.165, 1.54) is 5.57 Å². The maximum atomic E-state index is 14.0. The highest BCUT2D eigenvalue weighted by molar-refractivity contribution is 7.78. The zero-order chi connectivity index (χ0) is 17.9. The third-order valence-corrected chi connectivity index (χ3v) is 8.91. The summed E-state index contributed by atoms with van der Waals surface area (Å²) < 4.78 is 14.0. The van der Waals surface area contributed by atoms with Crippen molar-refractivity contribution in [1.82, 2.24) is 0 Å². The van der Waals surface area contributed by atoms with Crippen LogP contribution in [0.3, 0.4) is 0 Å². The normalized spacial score (nSPS) is 24.1. The summed E-state index contributed by atoms with van der Waals surface area (Å²) in [4.78, 5) is 0. The minimum Gasteiger partial charge on any atom is -0.313 e. The van der Waals surface area contributed by atoms with E-state index in [0.717, 1.165) is 29.4 Å². The van der Waals surface area contributed by atoms with E-state index in [-0.39, 0.29) is 0 Å². The summed E-state index contributed by atoms with van der Waals surface area (Å²) in [6.07, 6.45) is 5.22. The average molecular weight is 352 g/mol. The fraction of sp³-hybridized carbons (Fsp3) is 0.391. The summed E-state index contributed by atoms with van der Waals surface area (Å²) in [5.74, 6) is 2.19. The van der Waals surface area contributed by atoms with Crippen molar-refractivity contribution in [2.75, 3.05) is 6.16 Å². The number of rotatable bonds is 4. The molecule has 0 radical (unpaired) electrons. The molecule has 0 heterocycles. The lowest BCUT2D eigenvalue weighted by atomic mass is 9.72. The first-order valence-electron chi connectivity index (χ1n) is 9.39. The fourth-order valence-corrected chi connectivity index (χ4v) is 6.51. The van der Waals surface area contributed by atoms with Gasteiger partial charge in [-0.1, -0.05) is 93.1 Å². The highest BCUT2D eigenvalue weighted by Crippen LogP contribution is 2.45. The quantitative estimate of drug-likeness (QED) is 0.515. The molecule has 1 saturated carbocycles. The Balaban J connectivity index is 1.92. The number of benzene rings is 2. The molecule has 132 valence electrons. The van der Waals surface area contributed by atoms with Crippen LogP contribution in [0.5, 0.6) is 0 Å². The molecule has 1 aliphatic carbocycles. The van der Waals surface area contributed by atoms with E-state index in [2.05, 4.69) is 26.8 Å². The highest BCUT2D eigenvalue weighted by Gasteiger charge is 2.29. The van der Waals surface area contributed by atoms with Gasteiger partial charge in [0.1, 0.15) is 7.14 Å². The van der Waals surface area contributed by atoms with E-state index in [1.54, 1.807) is 0 Å². The molecule has 0 N–H and O–H groups in total. The molecule has 0 aromatic heterocycles. The maximum Gasteiger partial charge on any atom is 0.146 e. The molecule has 0 saturated heterocycles. The third-order valence-electron chi connectivity index (χ3n) is 5.95. The van der Waals surface area contributed by atoms with E-state index in [1.807, 2.05) is 60.7 Å². The second-order valence-corrected chi connectivity index (χ2v) is 10.6. The Labute approximate surface area is 152 Å². The van der Waals surface area contributed by atoms with Crippen molar-refractivity contribution < 1.29 is 4.57 Å². The number of allylic oxidation sites excluding steroid dienone is 2. The second-order valence-electron chi connectivity index (χ2n) is 7.68. The monoisotopic (exact) mass is 352 g/mol. The Morgan fingerprint density at radius 2 is 1.28 bits per heavy atom. The van der Waals surface area contributed by atoms with Crippen LogP contribution in [0, 0.1) is 17.8 Å². The first kappa shape index (κ1) is 18.2. The minimum atomic E-state index is -2.62. The van der Waals surface area contributed by atoms with Crippen molar-refractivity contribution in [3.05, 3.63) is 72.3 Å². The van der Waals surface area contributed by atoms with Gasteiger partial charge in [0.25, 0.3) is 0 Å². The van der Waals surface area contributed by atoms with Crippen LogP contribution in [0.15, 0.2) is 72.3 Å². The molecule has 2 aromatic rings. The molecule has 1 aliphatic rings. The predicted octanol–water partition coefficient (Wildman–Crippen LogP) is 5.63. The Morgan fingerprint density at radius 3 is 1.72 bits per heavy atom. The van der Waals surface area contributed by atoms with Gasteiger partial charge in [0.2, 0.25) is 0 Å². The molecule has 0 bridgehead atoms. The molecule has 0 amide bonds. The lowest BCUT2D eigenvalue weighted by Crippen LogP contribution is -2.24. The summed E-state index contributed by atoms with van der Waals surface area (Å²) in [5, 5.41) is 1.92. The first-order chi connectivity index (χ1) is 12.0. The molecule has 0 spiro atoms. The van der Waals surface area contributed by atoms with Gasteiger partial charge in [0.05, 0.1) is 0 Å². The molecule has 2 unspecified atom stereocenters. The zero-order valence-electron chi connectivity index (χ0n) is 15.6. The van der Waals surface area contributed by atoms with Crippen LogP contribution in [-0.2, 0) is 4.57 Å².